The lowest BCUT2D eigenvalue weighted by molar-refractivity contribution is -0.140. The van der Waals surface area contributed by atoms with Crippen molar-refractivity contribution in [2.75, 3.05) is 18.0 Å². The van der Waals surface area contributed by atoms with Gasteiger partial charge in [-0.05, 0) is 31.4 Å². The molecule has 1 aliphatic rings. The highest BCUT2D eigenvalue weighted by molar-refractivity contribution is 5.73. The second-order valence-corrected chi connectivity index (χ2v) is 5.44. The molecule has 1 aromatic carbocycles. The summed E-state index contributed by atoms with van der Waals surface area (Å²) >= 11 is 0. The van der Waals surface area contributed by atoms with E-state index in [1.165, 1.54) is 5.69 Å². The largest absolute Gasteiger partial charge is 0.480 e. The molecule has 1 aromatic rings. The number of benzene rings is 1. The molecule has 0 aromatic heterocycles. The van der Waals surface area contributed by atoms with Gasteiger partial charge in [-0.1, -0.05) is 31.5 Å². The van der Waals surface area contributed by atoms with Crippen LogP contribution in [0, 0.1) is 0 Å². The fourth-order valence-electron chi connectivity index (χ4n) is 2.79. The van der Waals surface area contributed by atoms with E-state index in [1.807, 2.05) is 13.0 Å². The molecule has 0 aliphatic carbocycles. The summed E-state index contributed by atoms with van der Waals surface area (Å²) in [5.74, 6) is -0.725. The number of rotatable bonds is 6. The maximum atomic E-state index is 11.2. The number of nitrogens with one attached hydrogen (secondary N) is 1. The summed E-state index contributed by atoms with van der Waals surface area (Å²) in [6, 6.07) is 10.3. The number of hydrogen-bond acceptors (Lipinski definition) is 3. The van der Waals surface area contributed by atoms with E-state index in [0.717, 1.165) is 32.4 Å². The number of nitrogens with zero attached hydrogens (tertiary/aromatic N) is 1. The average molecular weight is 276 g/mol. The predicted molar refractivity (Wildman–Crippen MR) is 81.1 cm³/mol. The maximum Gasteiger partial charge on any atom is 0.320 e. The Kier molecular flexibility index (Phi) is 5.41. The van der Waals surface area contributed by atoms with Crippen molar-refractivity contribution in [3.8, 4) is 0 Å². The normalized spacial score (nSPS) is 17.9. The first kappa shape index (κ1) is 14.9. The van der Waals surface area contributed by atoms with Crippen LogP contribution < -0.4 is 10.2 Å². The van der Waals surface area contributed by atoms with Crippen LogP contribution in [0.2, 0.25) is 0 Å². The number of para-hydroxylation sites is 1. The van der Waals surface area contributed by atoms with Gasteiger partial charge >= 0.3 is 5.97 Å². The number of carboxylic acids is 1. The van der Waals surface area contributed by atoms with Crippen molar-refractivity contribution < 1.29 is 9.90 Å². The lowest BCUT2D eigenvalue weighted by Crippen LogP contribution is -2.48. The summed E-state index contributed by atoms with van der Waals surface area (Å²) in [6.07, 6.45) is 3.60. The molecule has 0 spiro atoms. The fourth-order valence-corrected chi connectivity index (χ4v) is 2.79. The smallest absolute Gasteiger partial charge is 0.320 e. The van der Waals surface area contributed by atoms with E-state index in [0.29, 0.717) is 12.5 Å². The third-order valence-corrected chi connectivity index (χ3v) is 3.93. The third-order valence-electron chi connectivity index (χ3n) is 3.93. The van der Waals surface area contributed by atoms with Gasteiger partial charge in [0.1, 0.15) is 6.04 Å². The van der Waals surface area contributed by atoms with Gasteiger partial charge in [-0.2, -0.15) is 0 Å². The number of aliphatic carboxylic acids is 1. The van der Waals surface area contributed by atoms with Gasteiger partial charge in [0.25, 0.3) is 0 Å². The van der Waals surface area contributed by atoms with Gasteiger partial charge in [-0.3, -0.25) is 4.79 Å². The van der Waals surface area contributed by atoms with Crippen LogP contribution in [-0.2, 0) is 4.79 Å². The summed E-state index contributed by atoms with van der Waals surface area (Å²) < 4.78 is 0. The van der Waals surface area contributed by atoms with Crippen LogP contribution in [0.25, 0.3) is 0 Å². The van der Waals surface area contributed by atoms with Crippen LogP contribution in [-0.4, -0.2) is 36.2 Å². The molecule has 4 nitrogen and oxygen atoms in total. The maximum absolute atomic E-state index is 11.2. The van der Waals surface area contributed by atoms with Crippen molar-refractivity contribution in [1.82, 2.24) is 5.32 Å². The second kappa shape index (κ2) is 7.29. The minimum Gasteiger partial charge on any atom is -0.480 e. The first-order valence-corrected chi connectivity index (χ1v) is 7.49. The number of anilines is 1. The van der Waals surface area contributed by atoms with Gasteiger partial charge in [-0.15, -0.1) is 0 Å². The van der Waals surface area contributed by atoms with Crippen molar-refractivity contribution in [1.29, 1.82) is 0 Å². The Morgan fingerprint density at radius 1 is 1.35 bits per heavy atom. The molecular weight excluding hydrogens is 252 g/mol. The Morgan fingerprint density at radius 3 is 2.55 bits per heavy atom. The zero-order valence-electron chi connectivity index (χ0n) is 12.1. The molecule has 2 rings (SSSR count). The highest BCUT2D eigenvalue weighted by Gasteiger charge is 2.24. The SMILES string of the molecule is CCCC(NC1CCN(c2ccccc2)CC1)C(=O)O. The molecule has 2 N–H and O–H groups in total. The molecule has 110 valence electrons. The minimum absolute atomic E-state index is 0.322. The molecule has 0 saturated carbocycles. The monoisotopic (exact) mass is 276 g/mol. The Bertz CT molecular complexity index is 414. The highest BCUT2D eigenvalue weighted by atomic mass is 16.4. The van der Waals surface area contributed by atoms with E-state index >= 15 is 0 Å². The highest BCUT2D eigenvalue weighted by Crippen LogP contribution is 2.19. The van der Waals surface area contributed by atoms with Crippen LogP contribution in [0.3, 0.4) is 0 Å². The van der Waals surface area contributed by atoms with E-state index in [4.69, 9.17) is 0 Å². The van der Waals surface area contributed by atoms with E-state index < -0.39 is 12.0 Å². The first-order chi connectivity index (χ1) is 9.70. The molecule has 20 heavy (non-hydrogen) atoms. The molecule has 0 radical (unpaired) electrons. The molecule has 1 fully saturated rings. The zero-order valence-corrected chi connectivity index (χ0v) is 12.1. The van der Waals surface area contributed by atoms with Crippen molar-refractivity contribution in [3.05, 3.63) is 30.3 Å². The molecule has 0 bridgehead atoms. The Morgan fingerprint density at radius 2 is 2.00 bits per heavy atom. The molecule has 1 atom stereocenters. The van der Waals surface area contributed by atoms with Gasteiger partial charge in [0.15, 0.2) is 0 Å². The Balaban J connectivity index is 1.83. The van der Waals surface area contributed by atoms with Gasteiger partial charge in [0.2, 0.25) is 0 Å². The third kappa shape index (κ3) is 3.97. The van der Waals surface area contributed by atoms with E-state index in [9.17, 15) is 9.90 Å². The fraction of sp³-hybridized carbons (Fsp3) is 0.562. The van der Waals surface area contributed by atoms with Crippen molar-refractivity contribution >= 4 is 11.7 Å². The van der Waals surface area contributed by atoms with Crippen LogP contribution >= 0.6 is 0 Å². The van der Waals surface area contributed by atoms with Crippen LogP contribution in [0.4, 0.5) is 5.69 Å². The minimum atomic E-state index is -0.725. The summed E-state index contributed by atoms with van der Waals surface area (Å²) in [6.45, 7) is 4.00. The standard InChI is InChI=1S/C16H24N2O2/c1-2-6-15(16(19)20)17-13-9-11-18(12-10-13)14-7-4-3-5-8-14/h3-5,7-8,13,15,17H,2,6,9-12H2,1H3,(H,19,20). The number of carbonyl (C=O) groups is 1. The van der Waals surface area contributed by atoms with E-state index in [2.05, 4.69) is 34.5 Å². The zero-order chi connectivity index (χ0) is 14.4. The Hall–Kier alpha value is -1.55. The van der Waals surface area contributed by atoms with Gasteiger partial charge in [0, 0.05) is 24.8 Å². The second-order valence-electron chi connectivity index (χ2n) is 5.44. The van der Waals surface area contributed by atoms with Crippen LogP contribution in [0.15, 0.2) is 30.3 Å². The van der Waals surface area contributed by atoms with E-state index in [-0.39, 0.29) is 0 Å². The lowest BCUT2D eigenvalue weighted by atomic mass is 10.0. The van der Waals surface area contributed by atoms with E-state index in [1.54, 1.807) is 0 Å². The topological polar surface area (TPSA) is 52.6 Å². The van der Waals surface area contributed by atoms with Crippen LogP contribution in [0.1, 0.15) is 32.6 Å². The van der Waals surface area contributed by atoms with Crippen molar-refractivity contribution in [3.63, 3.8) is 0 Å². The molecule has 1 unspecified atom stereocenters. The molecule has 1 heterocycles. The molecule has 4 heteroatoms. The summed E-state index contributed by atoms with van der Waals surface area (Å²) in [5.41, 5.74) is 1.26. The van der Waals surface area contributed by atoms with Gasteiger partial charge < -0.3 is 15.3 Å². The molecule has 1 saturated heterocycles. The van der Waals surface area contributed by atoms with Gasteiger partial charge in [0.05, 0.1) is 0 Å². The number of carboxylic acid groups (broad SMARTS) is 1. The molecular formula is C16H24N2O2. The van der Waals surface area contributed by atoms with Crippen molar-refractivity contribution in [2.45, 2.75) is 44.7 Å². The summed E-state index contributed by atoms with van der Waals surface area (Å²) in [4.78, 5) is 13.5. The Labute approximate surface area is 120 Å². The summed E-state index contributed by atoms with van der Waals surface area (Å²) in [7, 11) is 0. The van der Waals surface area contributed by atoms with Gasteiger partial charge in [-0.25, -0.2) is 0 Å². The predicted octanol–water partition coefficient (Wildman–Crippen LogP) is 2.50. The number of piperidine rings is 1. The quantitative estimate of drug-likeness (QED) is 0.838. The van der Waals surface area contributed by atoms with Crippen LogP contribution in [0.5, 0.6) is 0 Å². The molecule has 0 amide bonds. The van der Waals surface area contributed by atoms with Crippen molar-refractivity contribution in [2.24, 2.45) is 0 Å². The summed E-state index contributed by atoms with van der Waals surface area (Å²) in [5, 5.41) is 12.5. The first-order valence-electron chi connectivity index (χ1n) is 7.49. The molecule has 1 aliphatic heterocycles. The average Bonchev–Trinajstić information content (AvgIpc) is 2.48. The number of hydrogen-bond donors (Lipinski definition) is 2. The lowest BCUT2D eigenvalue weighted by Gasteiger charge is -2.35.